The summed E-state index contributed by atoms with van der Waals surface area (Å²) in [6.07, 6.45) is 5.98. The van der Waals surface area contributed by atoms with Gasteiger partial charge in [0, 0.05) is 6.42 Å². The first-order valence-electron chi connectivity index (χ1n) is 7.87. The molecule has 126 valence electrons. The van der Waals surface area contributed by atoms with Crippen molar-refractivity contribution in [2.45, 2.75) is 44.6 Å². The third-order valence-corrected chi connectivity index (χ3v) is 4.56. The van der Waals surface area contributed by atoms with Gasteiger partial charge in [-0.05, 0) is 36.5 Å². The second kappa shape index (κ2) is 8.20. The molecule has 1 aromatic carbocycles. The molecule has 0 saturated heterocycles. The van der Waals surface area contributed by atoms with E-state index >= 15 is 0 Å². The summed E-state index contributed by atoms with van der Waals surface area (Å²) in [5.74, 6) is -0.509. The molecule has 1 aliphatic rings. The number of nitrogens with one attached hydrogen (secondary N) is 1. The van der Waals surface area contributed by atoms with Gasteiger partial charge in [-0.2, -0.15) is 0 Å². The normalized spacial score (nSPS) is 16.6. The molecule has 1 atom stereocenters. The van der Waals surface area contributed by atoms with Gasteiger partial charge < -0.3 is 15.2 Å². The molecular formula is C17H22ClNO4. The molecular weight excluding hydrogens is 318 g/mol. The summed E-state index contributed by atoms with van der Waals surface area (Å²) < 4.78 is 5.06. The van der Waals surface area contributed by atoms with E-state index in [0.717, 1.165) is 25.7 Å². The lowest BCUT2D eigenvalue weighted by Gasteiger charge is -2.22. The zero-order chi connectivity index (χ0) is 16.8. The van der Waals surface area contributed by atoms with Gasteiger partial charge in [0.2, 0.25) is 5.91 Å². The number of rotatable bonds is 6. The van der Waals surface area contributed by atoms with Crippen LogP contribution in [0, 0.1) is 5.92 Å². The Hall–Kier alpha value is -1.75. The molecule has 1 unspecified atom stereocenters. The fourth-order valence-corrected chi connectivity index (χ4v) is 3.29. The van der Waals surface area contributed by atoms with Crippen LogP contribution in [0.5, 0.6) is 5.75 Å². The van der Waals surface area contributed by atoms with Gasteiger partial charge in [0.25, 0.3) is 0 Å². The molecule has 0 spiro atoms. The van der Waals surface area contributed by atoms with Crippen molar-refractivity contribution >= 4 is 23.5 Å². The number of halogens is 1. The minimum Gasteiger partial charge on any atom is -0.495 e. The molecule has 1 amide bonds. The lowest BCUT2D eigenvalue weighted by atomic mass is 9.87. The van der Waals surface area contributed by atoms with Crippen molar-refractivity contribution in [3.8, 4) is 5.75 Å². The highest BCUT2D eigenvalue weighted by atomic mass is 35.5. The van der Waals surface area contributed by atoms with Gasteiger partial charge in [0.05, 0.1) is 12.1 Å². The van der Waals surface area contributed by atoms with Crippen LogP contribution < -0.4 is 10.1 Å². The maximum Gasteiger partial charge on any atom is 0.330 e. The van der Waals surface area contributed by atoms with Crippen LogP contribution in [-0.2, 0) is 9.59 Å². The van der Waals surface area contributed by atoms with Crippen molar-refractivity contribution in [3.63, 3.8) is 0 Å². The molecule has 5 nitrogen and oxygen atoms in total. The third kappa shape index (κ3) is 4.86. The Morgan fingerprint density at radius 1 is 1.35 bits per heavy atom. The zero-order valence-electron chi connectivity index (χ0n) is 13.2. The molecule has 23 heavy (non-hydrogen) atoms. The molecule has 1 fully saturated rings. The van der Waals surface area contributed by atoms with Gasteiger partial charge in [-0.25, -0.2) is 4.79 Å². The third-order valence-electron chi connectivity index (χ3n) is 4.26. The van der Waals surface area contributed by atoms with E-state index in [1.807, 2.05) is 0 Å². The van der Waals surface area contributed by atoms with Crippen LogP contribution in [0.1, 0.15) is 50.1 Å². The van der Waals surface area contributed by atoms with E-state index in [1.54, 1.807) is 12.1 Å². The Labute approximate surface area is 141 Å². The predicted octanol–water partition coefficient (Wildman–Crippen LogP) is 3.56. The number of hydrogen-bond acceptors (Lipinski definition) is 3. The first-order valence-corrected chi connectivity index (χ1v) is 8.24. The van der Waals surface area contributed by atoms with Gasteiger partial charge >= 0.3 is 5.97 Å². The van der Waals surface area contributed by atoms with Crippen LogP contribution in [0.2, 0.25) is 5.02 Å². The van der Waals surface area contributed by atoms with Gasteiger partial charge in [-0.1, -0.05) is 36.9 Å². The molecule has 2 N–H and O–H groups in total. The summed E-state index contributed by atoms with van der Waals surface area (Å²) in [5, 5.41) is 12.3. The molecule has 0 bridgehead atoms. The van der Waals surface area contributed by atoms with E-state index in [9.17, 15) is 14.7 Å². The van der Waals surface area contributed by atoms with Gasteiger partial charge in [0.1, 0.15) is 5.75 Å². The Morgan fingerprint density at radius 2 is 2.04 bits per heavy atom. The highest BCUT2D eigenvalue weighted by molar-refractivity contribution is 6.32. The smallest absolute Gasteiger partial charge is 0.330 e. The molecule has 1 saturated carbocycles. The molecule has 0 aromatic heterocycles. The number of carbonyl (C=O) groups excluding carboxylic acids is 1. The number of hydrogen-bond donors (Lipinski definition) is 2. The molecule has 6 heteroatoms. The molecule has 1 aliphatic carbocycles. The zero-order valence-corrected chi connectivity index (χ0v) is 13.9. The van der Waals surface area contributed by atoms with Crippen LogP contribution in [0.25, 0.3) is 0 Å². The summed E-state index contributed by atoms with van der Waals surface area (Å²) in [6.45, 7) is 0. The maximum atomic E-state index is 12.2. The number of carbonyl (C=O) groups is 2. The van der Waals surface area contributed by atoms with Crippen LogP contribution in [0.15, 0.2) is 18.2 Å². The van der Waals surface area contributed by atoms with E-state index in [0.29, 0.717) is 28.7 Å². The highest BCUT2D eigenvalue weighted by Crippen LogP contribution is 2.29. The topological polar surface area (TPSA) is 75.6 Å². The fraction of sp³-hybridized carbons (Fsp3) is 0.529. The fourth-order valence-electron chi connectivity index (χ4n) is 3.02. The average Bonchev–Trinajstić information content (AvgIpc) is 2.53. The second-order valence-corrected chi connectivity index (χ2v) is 6.35. The van der Waals surface area contributed by atoms with Crippen LogP contribution in [0.4, 0.5) is 0 Å². The average molecular weight is 340 g/mol. The van der Waals surface area contributed by atoms with E-state index in [-0.39, 0.29) is 5.91 Å². The number of aliphatic carboxylic acids is 1. The molecule has 0 heterocycles. The van der Waals surface area contributed by atoms with Crippen molar-refractivity contribution in [1.82, 2.24) is 5.32 Å². The standard InChI is InChI=1S/C17H22ClNO4/c1-23-14-8-7-12(10-13(14)18)16(17(21)22)19-15(20)9-11-5-3-2-4-6-11/h7-8,10-11,16H,2-6,9H2,1H3,(H,19,20)(H,21,22). The van der Waals surface area contributed by atoms with E-state index in [2.05, 4.69) is 5.32 Å². The lowest BCUT2D eigenvalue weighted by molar-refractivity contribution is -0.142. The number of ether oxygens (including phenoxy) is 1. The highest BCUT2D eigenvalue weighted by Gasteiger charge is 2.25. The van der Waals surface area contributed by atoms with Gasteiger partial charge in [0.15, 0.2) is 6.04 Å². The Kier molecular flexibility index (Phi) is 6.28. The Bertz CT molecular complexity index is 570. The summed E-state index contributed by atoms with van der Waals surface area (Å²) in [7, 11) is 1.49. The molecule has 0 aliphatic heterocycles. The van der Waals surface area contributed by atoms with Crippen LogP contribution in [0.3, 0.4) is 0 Å². The SMILES string of the molecule is COc1ccc(C(NC(=O)CC2CCCCC2)C(=O)O)cc1Cl. The number of carboxylic acid groups (broad SMARTS) is 1. The largest absolute Gasteiger partial charge is 0.495 e. The first-order chi connectivity index (χ1) is 11.0. The van der Waals surface area contributed by atoms with Crippen molar-refractivity contribution in [2.75, 3.05) is 7.11 Å². The summed E-state index contributed by atoms with van der Waals surface area (Å²) >= 11 is 6.04. The number of benzene rings is 1. The number of carboxylic acids is 1. The van der Waals surface area contributed by atoms with Crippen LogP contribution in [-0.4, -0.2) is 24.1 Å². The monoisotopic (exact) mass is 339 g/mol. The van der Waals surface area contributed by atoms with Gasteiger partial charge in [-0.15, -0.1) is 0 Å². The molecule has 2 rings (SSSR count). The Balaban J connectivity index is 2.04. The van der Waals surface area contributed by atoms with Crippen LogP contribution >= 0.6 is 11.6 Å². The minimum absolute atomic E-state index is 0.226. The summed E-state index contributed by atoms with van der Waals surface area (Å²) in [6, 6.07) is 3.61. The minimum atomic E-state index is -1.11. The lowest BCUT2D eigenvalue weighted by Crippen LogP contribution is -2.35. The number of amides is 1. The van der Waals surface area contributed by atoms with Crippen molar-refractivity contribution in [2.24, 2.45) is 5.92 Å². The first kappa shape index (κ1) is 17.6. The molecule has 1 aromatic rings. The van der Waals surface area contributed by atoms with Crippen molar-refractivity contribution < 1.29 is 19.4 Å². The van der Waals surface area contributed by atoms with E-state index < -0.39 is 12.0 Å². The maximum absolute atomic E-state index is 12.2. The quantitative estimate of drug-likeness (QED) is 0.830. The predicted molar refractivity (Wildman–Crippen MR) is 87.7 cm³/mol. The number of methoxy groups -OCH3 is 1. The summed E-state index contributed by atoms with van der Waals surface area (Å²) in [5.41, 5.74) is 0.431. The second-order valence-electron chi connectivity index (χ2n) is 5.94. The van der Waals surface area contributed by atoms with Crippen molar-refractivity contribution in [1.29, 1.82) is 0 Å². The van der Waals surface area contributed by atoms with E-state index in [4.69, 9.17) is 16.3 Å². The Morgan fingerprint density at radius 3 is 2.61 bits per heavy atom. The van der Waals surface area contributed by atoms with Gasteiger partial charge in [-0.3, -0.25) is 4.79 Å². The summed E-state index contributed by atoms with van der Waals surface area (Å²) in [4.78, 5) is 23.7. The van der Waals surface area contributed by atoms with E-state index in [1.165, 1.54) is 19.6 Å². The molecule has 0 radical (unpaired) electrons. The van der Waals surface area contributed by atoms with Crippen molar-refractivity contribution in [3.05, 3.63) is 28.8 Å².